The van der Waals surface area contributed by atoms with Gasteiger partial charge < -0.3 is 10.4 Å². The Hall–Kier alpha value is -1.03. The van der Waals surface area contributed by atoms with E-state index in [9.17, 15) is 0 Å². The molecule has 4 heteroatoms. The number of hydrogen-bond acceptors (Lipinski definition) is 3. The van der Waals surface area contributed by atoms with Crippen molar-refractivity contribution in [2.24, 2.45) is 11.8 Å². The first-order valence-electron chi connectivity index (χ1n) is 7.10. The maximum atomic E-state index is 8.88. The number of hydrogen-bond donors (Lipinski definition) is 2. The Balaban J connectivity index is 1.97. The number of aliphatic hydroxyl groups excluding tert-OH is 1. The monoisotopic (exact) mass is 251 g/mol. The lowest BCUT2D eigenvalue weighted by Crippen LogP contribution is -2.35. The van der Waals surface area contributed by atoms with Gasteiger partial charge in [-0.1, -0.05) is 26.7 Å². The van der Waals surface area contributed by atoms with Gasteiger partial charge >= 0.3 is 0 Å². The molecule has 102 valence electrons. The smallest absolute Gasteiger partial charge is 0.0728 e. The summed E-state index contributed by atoms with van der Waals surface area (Å²) >= 11 is 0. The van der Waals surface area contributed by atoms with Crippen LogP contribution in [-0.4, -0.2) is 27.5 Å². The van der Waals surface area contributed by atoms with E-state index in [1.165, 1.54) is 25.7 Å². The molecular weight excluding hydrogens is 226 g/mol. The van der Waals surface area contributed by atoms with Gasteiger partial charge in [0.15, 0.2) is 0 Å². The Bertz CT molecular complexity index is 362. The van der Waals surface area contributed by atoms with Gasteiger partial charge in [0.25, 0.3) is 0 Å². The van der Waals surface area contributed by atoms with E-state index in [2.05, 4.69) is 24.3 Å². The van der Waals surface area contributed by atoms with Crippen molar-refractivity contribution in [1.82, 2.24) is 9.78 Å². The van der Waals surface area contributed by atoms with E-state index in [0.717, 1.165) is 17.5 Å². The molecule has 1 saturated carbocycles. The van der Waals surface area contributed by atoms with Crippen LogP contribution in [0, 0.1) is 11.8 Å². The van der Waals surface area contributed by atoms with E-state index in [0.29, 0.717) is 12.6 Å². The third-order valence-corrected chi connectivity index (χ3v) is 3.99. The second-order valence-corrected chi connectivity index (χ2v) is 5.66. The standard InChI is InChI=1S/C14H25N3O/c1-11(2)13-5-3-4-6-14(13)16-12-9-15-17(10-12)7-8-18/h9-11,13-14,16,18H,3-8H2,1-2H3. The fourth-order valence-corrected chi connectivity index (χ4v) is 3.01. The topological polar surface area (TPSA) is 50.1 Å². The molecule has 4 nitrogen and oxygen atoms in total. The number of nitrogens with zero attached hydrogens (tertiary/aromatic N) is 2. The van der Waals surface area contributed by atoms with Crippen LogP contribution in [-0.2, 0) is 6.54 Å². The third-order valence-electron chi connectivity index (χ3n) is 3.99. The van der Waals surface area contributed by atoms with Crippen molar-refractivity contribution in [2.75, 3.05) is 11.9 Å². The highest BCUT2D eigenvalue weighted by Gasteiger charge is 2.27. The van der Waals surface area contributed by atoms with Crippen LogP contribution >= 0.6 is 0 Å². The molecule has 1 fully saturated rings. The molecule has 1 heterocycles. The van der Waals surface area contributed by atoms with Gasteiger partial charge in [-0.05, 0) is 24.7 Å². The van der Waals surface area contributed by atoms with Crippen LogP contribution in [0.4, 0.5) is 5.69 Å². The Morgan fingerprint density at radius 2 is 2.22 bits per heavy atom. The van der Waals surface area contributed by atoms with E-state index in [4.69, 9.17) is 5.11 Å². The highest BCUT2D eigenvalue weighted by molar-refractivity contribution is 5.39. The second kappa shape index (κ2) is 6.23. The first kappa shape index (κ1) is 13.4. The first-order valence-corrected chi connectivity index (χ1v) is 7.10. The minimum absolute atomic E-state index is 0.138. The average Bonchev–Trinajstić information content (AvgIpc) is 2.77. The molecular formula is C14H25N3O. The Morgan fingerprint density at radius 1 is 1.44 bits per heavy atom. The minimum atomic E-state index is 0.138. The van der Waals surface area contributed by atoms with Crippen molar-refractivity contribution in [3.05, 3.63) is 12.4 Å². The molecule has 0 aromatic carbocycles. The molecule has 1 aromatic heterocycles. The third kappa shape index (κ3) is 3.25. The molecule has 0 amide bonds. The Morgan fingerprint density at radius 3 is 2.94 bits per heavy atom. The van der Waals surface area contributed by atoms with Gasteiger partial charge in [-0.25, -0.2) is 0 Å². The maximum Gasteiger partial charge on any atom is 0.0728 e. The van der Waals surface area contributed by atoms with Crippen molar-refractivity contribution in [3.8, 4) is 0 Å². The van der Waals surface area contributed by atoms with E-state index >= 15 is 0 Å². The predicted octanol–water partition coefficient (Wildman–Crippen LogP) is 2.50. The molecule has 2 rings (SSSR count). The Labute approximate surface area is 109 Å². The average molecular weight is 251 g/mol. The van der Waals surface area contributed by atoms with Gasteiger partial charge in [0.1, 0.15) is 0 Å². The van der Waals surface area contributed by atoms with Crippen molar-refractivity contribution >= 4 is 5.69 Å². The SMILES string of the molecule is CC(C)C1CCCCC1Nc1cnn(CCO)c1. The Kier molecular flexibility index (Phi) is 4.64. The molecule has 2 N–H and O–H groups in total. The van der Waals surface area contributed by atoms with Crippen LogP contribution in [0.25, 0.3) is 0 Å². The molecule has 0 saturated heterocycles. The first-order chi connectivity index (χ1) is 8.70. The predicted molar refractivity (Wildman–Crippen MR) is 73.5 cm³/mol. The second-order valence-electron chi connectivity index (χ2n) is 5.66. The van der Waals surface area contributed by atoms with Crippen molar-refractivity contribution < 1.29 is 5.11 Å². The fourth-order valence-electron chi connectivity index (χ4n) is 3.01. The lowest BCUT2D eigenvalue weighted by atomic mass is 9.78. The van der Waals surface area contributed by atoms with E-state index < -0.39 is 0 Å². The molecule has 18 heavy (non-hydrogen) atoms. The largest absolute Gasteiger partial charge is 0.394 e. The van der Waals surface area contributed by atoms with Crippen LogP contribution < -0.4 is 5.32 Å². The van der Waals surface area contributed by atoms with Crippen LogP contribution in [0.5, 0.6) is 0 Å². The summed E-state index contributed by atoms with van der Waals surface area (Å²) in [5, 5.41) is 16.7. The number of aliphatic hydroxyl groups is 1. The van der Waals surface area contributed by atoms with Crippen molar-refractivity contribution in [3.63, 3.8) is 0 Å². The van der Waals surface area contributed by atoms with E-state index in [1.807, 2.05) is 12.4 Å². The molecule has 1 aromatic rings. The lowest BCUT2D eigenvalue weighted by molar-refractivity contribution is 0.253. The van der Waals surface area contributed by atoms with Crippen LogP contribution in [0.1, 0.15) is 39.5 Å². The highest BCUT2D eigenvalue weighted by Crippen LogP contribution is 2.32. The zero-order valence-electron chi connectivity index (χ0n) is 11.5. The van der Waals surface area contributed by atoms with E-state index in [1.54, 1.807) is 4.68 Å². The minimum Gasteiger partial charge on any atom is -0.394 e. The number of anilines is 1. The van der Waals surface area contributed by atoms with Gasteiger partial charge in [0.05, 0.1) is 25.0 Å². The zero-order chi connectivity index (χ0) is 13.0. The van der Waals surface area contributed by atoms with Gasteiger partial charge in [0.2, 0.25) is 0 Å². The van der Waals surface area contributed by atoms with Gasteiger partial charge in [-0.2, -0.15) is 5.10 Å². The number of nitrogens with one attached hydrogen (secondary N) is 1. The number of aromatic nitrogens is 2. The molecule has 0 aliphatic heterocycles. The van der Waals surface area contributed by atoms with Crippen LogP contribution in [0.2, 0.25) is 0 Å². The van der Waals surface area contributed by atoms with E-state index in [-0.39, 0.29) is 6.61 Å². The molecule has 0 spiro atoms. The lowest BCUT2D eigenvalue weighted by Gasteiger charge is -2.35. The summed E-state index contributed by atoms with van der Waals surface area (Å²) in [5.41, 5.74) is 1.08. The number of rotatable bonds is 5. The van der Waals surface area contributed by atoms with Crippen molar-refractivity contribution in [2.45, 2.75) is 52.1 Å². The van der Waals surface area contributed by atoms with Gasteiger partial charge in [-0.15, -0.1) is 0 Å². The molecule has 2 atom stereocenters. The summed E-state index contributed by atoms with van der Waals surface area (Å²) in [6.07, 6.45) is 9.13. The van der Waals surface area contributed by atoms with Crippen LogP contribution in [0.3, 0.4) is 0 Å². The summed E-state index contributed by atoms with van der Waals surface area (Å²) in [5.74, 6) is 1.50. The molecule has 1 aliphatic rings. The summed E-state index contributed by atoms with van der Waals surface area (Å²) in [7, 11) is 0. The highest BCUT2D eigenvalue weighted by atomic mass is 16.3. The molecule has 0 radical (unpaired) electrons. The zero-order valence-corrected chi connectivity index (χ0v) is 11.5. The van der Waals surface area contributed by atoms with Crippen molar-refractivity contribution in [1.29, 1.82) is 0 Å². The normalized spacial score (nSPS) is 24.4. The molecule has 2 unspecified atom stereocenters. The fraction of sp³-hybridized carbons (Fsp3) is 0.786. The summed E-state index contributed by atoms with van der Waals surface area (Å²) in [6, 6.07) is 0.575. The summed E-state index contributed by atoms with van der Waals surface area (Å²) in [4.78, 5) is 0. The molecule has 0 bridgehead atoms. The van der Waals surface area contributed by atoms with Gasteiger partial charge in [-0.3, -0.25) is 4.68 Å². The quantitative estimate of drug-likeness (QED) is 0.845. The summed E-state index contributed by atoms with van der Waals surface area (Å²) in [6.45, 7) is 5.35. The maximum absolute atomic E-state index is 8.88. The molecule has 1 aliphatic carbocycles. The summed E-state index contributed by atoms with van der Waals surface area (Å²) < 4.78 is 1.79. The van der Waals surface area contributed by atoms with Crippen LogP contribution in [0.15, 0.2) is 12.4 Å². The van der Waals surface area contributed by atoms with Gasteiger partial charge in [0, 0.05) is 12.2 Å².